The van der Waals surface area contributed by atoms with Crippen molar-refractivity contribution >= 4 is 5.97 Å². The molecule has 1 saturated carbocycles. The van der Waals surface area contributed by atoms with Gasteiger partial charge in [0.05, 0.1) is 0 Å². The predicted octanol–water partition coefficient (Wildman–Crippen LogP) is 1.77. The van der Waals surface area contributed by atoms with Gasteiger partial charge in [0.15, 0.2) is 0 Å². The Morgan fingerprint density at radius 1 is 1.20 bits per heavy atom. The van der Waals surface area contributed by atoms with Crippen LogP contribution in [0.25, 0.3) is 0 Å². The second-order valence-electron chi connectivity index (χ2n) is 4.71. The maximum absolute atomic E-state index is 13.0. The van der Waals surface area contributed by atoms with E-state index in [-0.39, 0.29) is 18.4 Å². The summed E-state index contributed by atoms with van der Waals surface area (Å²) in [4.78, 5) is 10.7. The molecule has 15 heavy (non-hydrogen) atoms. The molecule has 1 saturated heterocycles. The highest BCUT2D eigenvalue weighted by molar-refractivity contribution is 5.74. The van der Waals surface area contributed by atoms with Crippen molar-refractivity contribution in [2.75, 3.05) is 0 Å². The van der Waals surface area contributed by atoms with E-state index in [0.29, 0.717) is 25.7 Å². The van der Waals surface area contributed by atoms with Gasteiger partial charge in [-0.3, -0.25) is 10.1 Å². The molecule has 0 radical (unpaired) electrons. The first-order valence-corrected chi connectivity index (χ1v) is 5.31. The third-order valence-corrected chi connectivity index (χ3v) is 3.63. The molecule has 0 bridgehead atoms. The van der Waals surface area contributed by atoms with Crippen LogP contribution in [0.2, 0.25) is 0 Å². The minimum Gasteiger partial charge on any atom is -0.480 e. The normalized spacial score (nSPS) is 33.1. The molecule has 1 heterocycles. The minimum atomic E-state index is -2.55. The van der Waals surface area contributed by atoms with Crippen molar-refractivity contribution in [3.63, 3.8) is 0 Å². The Morgan fingerprint density at radius 3 is 2.27 bits per heavy atom. The molecular formula is C10H15F2NO2. The van der Waals surface area contributed by atoms with Gasteiger partial charge < -0.3 is 5.11 Å². The van der Waals surface area contributed by atoms with Crippen LogP contribution in [0, 0.1) is 0 Å². The van der Waals surface area contributed by atoms with Crippen molar-refractivity contribution in [2.45, 2.75) is 56.0 Å². The summed E-state index contributed by atoms with van der Waals surface area (Å²) in [6.45, 7) is 0. The highest BCUT2D eigenvalue weighted by Gasteiger charge is 2.47. The first-order chi connectivity index (χ1) is 6.93. The highest BCUT2D eigenvalue weighted by Crippen LogP contribution is 2.43. The Kier molecular flexibility index (Phi) is 2.45. The SMILES string of the molecule is O=C(O)C1CCC2(CCC(F)(F)CC2)N1. The van der Waals surface area contributed by atoms with E-state index < -0.39 is 17.9 Å². The first-order valence-electron chi connectivity index (χ1n) is 5.31. The zero-order chi connectivity index (χ0) is 11.1. The molecule has 2 fully saturated rings. The fourth-order valence-electron chi connectivity index (χ4n) is 2.61. The van der Waals surface area contributed by atoms with Crippen LogP contribution < -0.4 is 5.32 Å². The van der Waals surface area contributed by atoms with E-state index in [1.807, 2.05) is 0 Å². The summed E-state index contributed by atoms with van der Waals surface area (Å²) in [5, 5.41) is 11.8. The maximum Gasteiger partial charge on any atom is 0.320 e. The van der Waals surface area contributed by atoms with Crippen molar-refractivity contribution < 1.29 is 18.7 Å². The lowest BCUT2D eigenvalue weighted by molar-refractivity contribution is -0.139. The smallest absolute Gasteiger partial charge is 0.320 e. The molecule has 2 N–H and O–H groups in total. The van der Waals surface area contributed by atoms with Crippen LogP contribution in [0.5, 0.6) is 0 Å². The van der Waals surface area contributed by atoms with E-state index in [4.69, 9.17) is 5.11 Å². The molecule has 0 aromatic carbocycles. The lowest BCUT2D eigenvalue weighted by atomic mass is 9.79. The molecule has 2 aliphatic rings. The summed E-state index contributed by atoms with van der Waals surface area (Å²) >= 11 is 0. The number of aliphatic carboxylic acids is 1. The number of carbonyl (C=O) groups is 1. The highest BCUT2D eigenvalue weighted by atomic mass is 19.3. The molecule has 3 nitrogen and oxygen atoms in total. The largest absolute Gasteiger partial charge is 0.480 e. The van der Waals surface area contributed by atoms with Gasteiger partial charge in [-0.25, -0.2) is 8.78 Å². The number of carboxylic acid groups (broad SMARTS) is 1. The zero-order valence-corrected chi connectivity index (χ0v) is 8.43. The molecule has 1 atom stereocenters. The van der Waals surface area contributed by atoms with Gasteiger partial charge >= 0.3 is 5.97 Å². The van der Waals surface area contributed by atoms with Crippen molar-refractivity contribution in [1.82, 2.24) is 5.32 Å². The Balaban J connectivity index is 1.98. The van der Waals surface area contributed by atoms with Crippen LogP contribution in [-0.4, -0.2) is 28.6 Å². The van der Waals surface area contributed by atoms with E-state index in [2.05, 4.69) is 5.32 Å². The third kappa shape index (κ3) is 2.12. The van der Waals surface area contributed by atoms with Crippen LogP contribution in [0.1, 0.15) is 38.5 Å². The van der Waals surface area contributed by atoms with Gasteiger partial charge in [0.1, 0.15) is 6.04 Å². The van der Waals surface area contributed by atoms with Crippen molar-refractivity contribution in [3.05, 3.63) is 0 Å². The lowest BCUT2D eigenvalue weighted by Crippen LogP contribution is -2.49. The van der Waals surface area contributed by atoms with Gasteiger partial charge in [-0.15, -0.1) is 0 Å². The molecule has 1 unspecified atom stereocenters. The van der Waals surface area contributed by atoms with Crippen LogP contribution in [0.15, 0.2) is 0 Å². The summed E-state index contributed by atoms with van der Waals surface area (Å²) in [7, 11) is 0. The van der Waals surface area contributed by atoms with Gasteiger partial charge in [0, 0.05) is 18.4 Å². The number of nitrogens with one attached hydrogen (secondary N) is 1. The van der Waals surface area contributed by atoms with Crippen LogP contribution >= 0.6 is 0 Å². The van der Waals surface area contributed by atoms with Gasteiger partial charge in [-0.05, 0) is 25.7 Å². The molecule has 2 rings (SSSR count). The van der Waals surface area contributed by atoms with Crippen LogP contribution in [0.3, 0.4) is 0 Å². The number of hydrogen-bond acceptors (Lipinski definition) is 2. The summed E-state index contributed by atoms with van der Waals surface area (Å²) in [5.74, 6) is -3.42. The van der Waals surface area contributed by atoms with Crippen molar-refractivity contribution in [1.29, 1.82) is 0 Å². The third-order valence-electron chi connectivity index (χ3n) is 3.63. The van der Waals surface area contributed by atoms with Gasteiger partial charge in [-0.2, -0.15) is 0 Å². The fourth-order valence-corrected chi connectivity index (χ4v) is 2.61. The molecule has 0 aromatic heterocycles. The maximum atomic E-state index is 13.0. The minimum absolute atomic E-state index is 0.119. The number of alkyl halides is 2. The standard InChI is InChI=1S/C10H15F2NO2/c11-10(12)5-3-9(4-6-10)2-1-7(13-9)8(14)15/h7,13H,1-6H2,(H,14,15). The molecule has 0 amide bonds. The van der Waals surface area contributed by atoms with Gasteiger partial charge in [0.2, 0.25) is 5.92 Å². The molecule has 1 aliphatic carbocycles. The summed E-state index contributed by atoms with van der Waals surface area (Å²) < 4.78 is 25.9. The molecule has 0 aromatic rings. The van der Waals surface area contributed by atoms with Gasteiger partial charge in [0.25, 0.3) is 0 Å². The monoisotopic (exact) mass is 219 g/mol. The topological polar surface area (TPSA) is 49.3 Å². The summed E-state index contributed by atoms with van der Waals surface area (Å²) in [6, 6.07) is -0.545. The number of rotatable bonds is 1. The van der Waals surface area contributed by atoms with E-state index in [0.717, 1.165) is 0 Å². The van der Waals surface area contributed by atoms with E-state index >= 15 is 0 Å². The number of halogens is 2. The Labute approximate surface area is 86.8 Å². The van der Waals surface area contributed by atoms with Crippen LogP contribution in [0.4, 0.5) is 8.78 Å². The molecule has 1 spiro atoms. The Hall–Kier alpha value is -0.710. The first kappa shape index (κ1) is 10.8. The van der Waals surface area contributed by atoms with Gasteiger partial charge in [-0.1, -0.05) is 0 Å². The summed E-state index contributed by atoms with van der Waals surface area (Å²) in [6.07, 6.45) is 1.81. The molecule has 5 heteroatoms. The van der Waals surface area contributed by atoms with E-state index in [1.54, 1.807) is 0 Å². The molecular weight excluding hydrogens is 204 g/mol. The second-order valence-corrected chi connectivity index (χ2v) is 4.71. The molecule has 86 valence electrons. The van der Waals surface area contributed by atoms with E-state index in [1.165, 1.54) is 0 Å². The Bertz CT molecular complexity index is 271. The fraction of sp³-hybridized carbons (Fsp3) is 0.900. The average molecular weight is 219 g/mol. The Morgan fingerprint density at radius 2 is 1.80 bits per heavy atom. The van der Waals surface area contributed by atoms with E-state index in [9.17, 15) is 13.6 Å². The van der Waals surface area contributed by atoms with Crippen LogP contribution in [-0.2, 0) is 4.79 Å². The lowest BCUT2D eigenvalue weighted by Gasteiger charge is -2.37. The number of hydrogen-bond donors (Lipinski definition) is 2. The zero-order valence-electron chi connectivity index (χ0n) is 8.43. The number of carboxylic acids is 1. The average Bonchev–Trinajstić information content (AvgIpc) is 2.56. The molecule has 1 aliphatic heterocycles. The predicted molar refractivity (Wildman–Crippen MR) is 49.9 cm³/mol. The quantitative estimate of drug-likeness (QED) is 0.706. The summed E-state index contributed by atoms with van der Waals surface area (Å²) in [5.41, 5.74) is -0.329. The second kappa shape index (κ2) is 3.40. The van der Waals surface area contributed by atoms with Crippen molar-refractivity contribution in [2.24, 2.45) is 0 Å². The van der Waals surface area contributed by atoms with Crippen molar-refractivity contribution in [3.8, 4) is 0 Å².